The Balaban J connectivity index is 2.19. The highest BCUT2D eigenvalue weighted by Crippen LogP contribution is 2.27. The number of carbonyl (C=O) groups is 3. The fourth-order valence-corrected chi connectivity index (χ4v) is 2.14. The van der Waals surface area contributed by atoms with E-state index in [-0.39, 0.29) is 18.7 Å². The third-order valence-corrected chi connectivity index (χ3v) is 3.01. The first-order valence-electron chi connectivity index (χ1n) is 6.86. The van der Waals surface area contributed by atoms with Gasteiger partial charge in [0.1, 0.15) is 5.60 Å². The summed E-state index contributed by atoms with van der Waals surface area (Å²) in [7, 11) is 0. The third-order valence-electron chi connectivity index (χ3n) is 3.01. The number of urea groups is 1. The highest BCUT2D eigenvalue weighted by molar-refractivity contribution is 6.07. The largest absolute Gasteiger partial charge is 0.460 e. The fourth-order valence-electron chi connectivity index (χ4n) is 2.14. The summed E-state index contributed by atoms with van der Waals surface area (Å²) in [5.74, 6) is -0.897. The predicted octanol–water partition coefficient (Wildman–Crippen LogP) is 0.633. The number of amides is 3. The molecule has 2 heterocycles. The van der Waals surface area contributed by atoms with Gasteiger partial charge in [-0.1, -0.05) is 0 Å². The minimum absolute atomic E-state index is 0.0174. The van der Waals surface area contributed by atoms with Crippen molar-refractivity contribution < 1.29 is 19.1 Å². The maximum atomic E-state index is 12.2. The number of hydrogen-bond acceptors (Lipinski definition) is 6. The van der Waals surface area contributed by atoms with Crippen LogP contribution in [0.15, 0.2) is 18.5 Å². The maximum Gasteiger partial charge on any atom is 0.322 e. The summed E-state index contributed by atoms with van der Waals surface area (Å²) in [6, 6.07) is 0.960. The van der Waals surface area contributed by atoms with E-state index in [0.29, 0.717) is 0 Å². The Labute approximate surface area is 127 Å². The van der Waals surface area contributed by atoms with E-state index in [1.807, 2.05) is 0 Å². The van der Waals surface area contributed by atoms with E-state index >= 15 is 0 Å². The molecule has 1 aliphatic heterocycles. The van der Waals surface area contributed by atoms with Gasteiger partial charge in [-0.3, -0.25) is 14.9 Å². The van der Waals surface area contributed by atoms with Crippen LogP contribution in [0.4, 0.5) is 4.79 Å². The second-order valence-corrected chi connectivity index (χ2v) is 5.97. The Morgan fingerprint density at radius 2 is 1.91 bits per heavy atom. The van der Waals surface area contributed by atoms with Crippen LogP contribution in [0.1, 0.15) is 39.4 Å². The van der Waals surface area contributed by atoms with E-state index in [4.69, 9.17) is 4.74 Å². The summed E-state index contributed by atoms with van der Waals surface area (Å²) in [4.78, 5) is 43.6. The molecule has 3 amide bonds. The quantitative estimate of drug-likeness (QED) is 0.623. The Kier molecular flexibility index (Phi) is 4.11. The molecule has 118 valence electrons. The van der Waals surface area contributed by atoms with Crippen molar-refractivity contribution in [2.24, 2.45) is 0 Å². The monoisotopic (exact) mass is 306 g/mol. The van der Waals surface area contributed by atoms with Gasteiger partial charge in [-0.05, 0) is 33.3 Å². The average Bonchev–Trinajstić information content (AvgIpc) is 2.71. The Morgan fingerprint density at radius 1 is 1.27 bits per heavy atom. The molecule has 0 aromatic carbocycles. The minimum Gasteiger partial charge on any atom is -0.460 e. The van der Waals surface area contributed by atoms with Crippen molar-refractivity contribution in [2.75, 3.05) is 0 Å². The molecule has 1 atom stereocenters. The van der Waals surface area contributed by atoms with Crippen molar-refractivity contribution in [3.05, 3.63) is 24.3 Å². The van der Waals surface area contributed by atoms with Gasteiger partial charge < -0.3 is 10.1 Å². The van der Waals surface area contributed by atoms with Crippen LogP contribution in [0.5, 0.6) is 0 Å². The molecule has 0 spiro atoms. The number of ether oxygens (including phenoxy) is 1. The van der Waals surface area contributed by atoms with Crippen molar-refractivity contribution in [1.82, 2.24) is 20.6 Å². The van der Waals surface area contributed by atoms with Crippen LogP contribution in [0.3, 0.4) is 0 Å². The highest BCUT2D eigenvalue weighted by Gasteiger charge is 2.50. The molecule has 22 heavy (non-hydrogen) atoms. The van der Waals surface area contributed by atoms with Crippen molar-refractivity contribution in [3.8, 4) is 0 Å². The zero-order chi connectivity index (χ0) is 16.4. The van der Waals surface area contributed by atoms with E-state index in [2.05, 4.69) is 20.6 Å². The topological polar surface area (TPSA) is 110 Å². The van der Waals surface area contributed by atoms with Crippen LogP contribution in [0.2, 0.25) is 0 Å². The van der Waals surface area contributed by atoms with E-state index in [0.717, 1.165) is 0 Å². The molecule has 1 aliphatic rings. The van der Waals surface area contributed by atoms with Gasteiger partial charge in [0, 0.05) is 18.8 Å². The van der Waals surface area contributed by atoms with Gasteiger partial charge in [0.25, 0.3) is 5.91 Å². The van der Waals surface area contributed by atoms with E-state index < -0.39 is 29.0 Å². The lowest BCUT2D eigenvalue weighted by molar-refractivity contribution is -0.155. The SMILES string of the molecule is CC(C)(C)OC(=O)CCC1(c2ncccn2)NC(=O)NC1=O. The van der Waals surface area contributed by atoms with Crippen molar-refractivity contribution in [2.45, 2.75) is 44.8 Å². The van der Waals surface area contributed by atoms with Crippen LogP contribution in [0, 0.1) is 0 Å². The molecule has 0 bridgehead atoms. The van der Waals surface area contributed by atoms with Crippen molar-refractivity contribution >= 4 is 17.9 Å². The lowest BCUT2D eigenvalue weighted by atomic mass is 9.92. The summed E-state index contributed by atoms with van der Waals surface area (Å²) in [5.41, 5.74) is -2.07. The van der Waals surface area contributed by atoms with Gasteiger partial charge in [-0.25, -0.2) is 14.8 Å². The standard InChI is InChI=1S/C14H18N4O4/c1-13(2,3)22-9(19)5-6-14(10-15-7-4-8-16-10)11(20)17-12(21)18-14/h4,7-8H,5-6H2,1-3H3,(H2,17,18,20,21). The second-order valence-electron chi connectivity index (χ2n) is 5.97. The van der Waals surface area contributed by atoms with Gasteiger partial charge in [0.05, 0.1) is 0 Å². The molecule has 1 saturated heterocycles. The molecular formula is C14H18N4O4. The summed E-state index contributed by atoms with van der Waals surface area (Å²) in [6.45, 7) is 5.26. The number of rotatable bonds is 4. The molecule has 2 N–H and O–H groups in total. The summed E-state index contributed by atoms with van der Waals surface area (Å²) < 4.78 is 5.22. The number of esters is 1. The Hall–Kier alpha value is -2.51. The van der Waals surface area contributed by atoms with Crippen molar-refractivity contribution in [1.29, 1.82) is 0 Å². The number of imide groups is 1. The molecule has 1 aromatic heterocycles. The lowest BCUT2D eigenvalue weighted by Gasteiger charge is -2.25. The maximum absolute atomic E-state index is 12.2. The summed E-state index contributed by atoms with van der Waals surface area (Å²) >= 11 is 0. The molecule has 0 aliphatic carbocycles. The smallest absolute Gasteiger partial charge is 0.322 e. The van der Waals surface area contributed by atoms with Gasteiger partial charge in [0.2, 0.25) is 0 Å². The van der Waals surface area contributed by atoms with Crippen LogP contribution < -0.4 is 10.6 Å². The van der Waals surface area contributed by atoms with Crippen LogP contribution >= 0.6 is 0 Å². The average molecular weight is 306 g/mol. The third kappa shape index (κ3) is 3.38. The molecule has 2 rings (SSSR count). The predicted molar refractivity (Wildman–Crippen MR) is 75.5 cm³/mol. The lowest BCUT2D eigenvalue weighted by Crippen LogP contribution is -2.45. The molecule has 1 aromatic rings. The highest BCUT2D eigenvalue weighted by atomic mass is 16.6. The Morgan fingerprint density at radius 3 is 2.41 bits per heavy atom. The van der Waals surface area contributed by atoms with E-state index in [1.165, 1.54) is 12.4 Å². The molecule has 0 saturated carbocycles. The first kappa shape index (κ1) is 15.9. The molecule has 0 radical (unpaired) electrons. The molecule has 1 unspecified atom stereocenters. The number of carbonyl (C=O) groups excluding carboxylic acids is 3. The summed E-state index contributed by atoms with van der Waals surface area (Å²) in [5, 5.41) is 4.68. The molecular weight excluding hydrogens is 288 g/mol. The van der Waals surface area contributed by atoms with Gasteiger partial charge in [-0.2, -0.15) is 0 Å². The van der Waals surface area contributed by atoms with Gasteiger partial charge in [-0.15, -0.1) is 0 Å². The van der Waals surface area contributed by atoms with Gasteiger partial charge in [0.15, 0.2) is 11.4 Å². The number of nitrogens with one attached hydrogen (secondary N) is 2. The number of hydrogen-bond donors (Lipinski definition) is 2. The van der Waals surface area contributed by atoms with Crippen LogP contribution in [-0.4, -0.2) is 33.5 Å². The molecule has 1 fully saturated rings. The fraction of sp³-hybridized carbons (Fsp3) is 0.500. The van der Waals surface area contributed by atoms with E-state index in [1.54, 1.807) is 26.8 Å². The first-order valence-corrected chi connectivity index (χ1v) is 6.86. The molecule has 8 heteroatoms. The second kappa shape index (κ2) is 5.70. The zero-order valence-corrected chi connectivity index (χ0v) is 12.7. The van der Waals surface area contributed by atoms with Crippen LogP contribution in [-0.2, 0) is 19.9 Å². The van der Waals surface area contributed by atoms with Crippen LogP contribution in [0.25, 0.3) is 0 Å². The molecule has 8 nitrogen and oxygen atoms in total. The zero-order valence-electron chi connectivity index (χ0n) is 12.7. The first-order chi connectivity index (χ1) is 10.2. The normalized spacial score (nSPS) is 21.2. The van der Waals surface area contributed by atoms with Gasteiger partial charge >= 0.3 is 12.0 Å². The minimum atomic E-state index is -1.45. The number of aromatic nitrogens is 2. The number of nitrogens with zero attached hydrogens (tertiary/aromatic N) is 2. The van der Waals surface area contributed by atoms with Crippen molar-refractivity contribution in [3.63, 3.8) is 0 Å². The summed E-state index contributed by atoms with van der Waals surface area (Å²) in [6.07, 6.45) is 2.90. The van der Waals surface area contributed by atoms with E-state index in [9.17, 15) is 14.4 Å². The Bertz CT molecular complexity index is 597.